The predicted octanol–water partition coefficient (Wildman–Crippen LogP) is 0.490. The van der Waals surface area contributed by atoms with Crippen molar-refractivity contribution < 1.29 is 22.9 Å². The summed E-state index contributed by atoms with van der Waals surface area (Å²) in [4.78, 5) is 10.3. The van der Waals surface area contributed by atoms with Crippen molar-refractivity contribution >= 4 is 15.7 Å². The van der Waals surface area contributed by atoms with Crippen molar-refractivity contribution in [3.63, 3.8) is 0 Å². The van der Waals surface area contributed by atoms with Crippen molar-refractivity contribution in [1.29, 1.82) is 4.78 Å². The molecule has 0 aliphatic heterocycles. The molecular weight excluding hydrogens is 230 g/mol. The van der Waals surface area contributed by atoms with Gasteiger partial charge in [0.2, 0.25) is 6.43 Å². The Morgan fingerprint density at radius 2 is 1.87 bits per heavy atom. The third kappa shape index (κ3) is 7.20. The van der Waals surface area contributed by atoms with Crippen molar-refractivity contribution in [2.45, 2.75) is 25.3 Å². The number of alkyl halides is 2. The maximum Gasteiger partial charge on any atom is 0.320 e. The number of rotatable bonds is 7. The van der Waals surface area contributed by atoms with E-state index in [4.69, 9.17) is 15.6 Å². The van der Waals surface area contributed by atoms with E-state index in [-0.39, 0.29) is 12.2 Å². The first-order valence-electron chi connectivity index (χ1n) is 4.25. The Morgan fingerprint density at radius 3 is 2.27 bits per heavy atom. The van der Waals surface area contributed by atoms with Crippen molar-refractivity contribution in [2.75, 3.05) is 11.5 Å². The fraction of sp³-hybridized carbons (Fsp3) is 0.857. The molecule has 0 aromatic heterocycles. The van der Waals surface area contributed by atoms with E-state index >= 15 is 0 Å². The van der Waals surface area contributed by atoms with Crippen LogP contribution in [0.1, 0.15) is 12.8 Å². The van der Waals surface area contributed by atoms with E-state index in [1.807, 2.05) is 0 Å². The van der Waals surface area contributed by atoms with Gasteiger partial charge in [-0.3, -0.25) is 9.57 Å². The van der Waals surface area contributed by atoms with Gasteiger partial charge in [-0.2, -0.15) is 0 Å². The molecule has 90 valence electrons. The molecule has 0 radical (unpaired) electrons. The summed E-state index contributed by atoms with van der Waals surface area (Å²) in [6, 6.07) is -1.19. The van der Waals surface area contributed by atoms with E-state index < -0.39 is 40.3 Å². The van der Waals surface area contributed by atoms with E-state index in [0.29, 0.717) is 0 Å². The average Bonchev–Trinajstić information content (AvgIpc) is 2.11. The Labute approximate surface area is 86.6 Å². The Morgan fingerprint density at radius 1 is 1.40 bits per heavy atom. The summed E-state index contributed by atoms with van der Waals surface area (Å²) >= 11 is 0. The molecule has 0 aromatic rings. The molecule has 0 fully saturated rings. The summed E-state index contributed by atoms with van der Waals surface area (Å²) in [5.41, 5.74) is 5.12. The number of nitrogens with one attached hydrogen (secondary N) is 1. The Hall–Kier alpha value is -0.760. The van der Waals surface area contributed by atoms with E-state index in [0.717, 1.165) is 0 Å². The molecule has 0 saturated heterocycles. The molecule has 1 unspecified atom stereocenters. The molecule has 5 nitrogen and oxygen atoms in total. The molecule has 8 heteroatoms. The zero-order chi connectivity index (χ0) is 12.1. The Bertz CT molecular complexity index is 305. The number of nitrogens with two attached hydrogens (primary N) is 1. The number of aliphatic carboxylic acids is 1. The molecule has 0 aliphatic rings. The summed E-state index contributed by atoms with van der Waals surface area (Å²) in [5, 5.41) is 8.40. The summed E-state index contributed by atoms with van der Waals surface area (Å²) in [6.45, 7) is 0. The van der Waals surface area contributed by atoms with Crippen LogP contribution in [-0.4, -0.2) is 39.3 Å². The monoisotopic (exact) mass is 244 g/mol. The number of carbonyl (C=O) groups is 1. The minimum Gasteiger partial charge on any atom is -0.480 e. The Balaban J connectivity index is 4.00. The van der Waals surface area contributed by atoms with Gasteiger partial charge in [0, 0.05) is 27.7 Å². The van der Waals surface area contributed by atoms with Gasteiger partial charge in [0.25, 0.3) is 0 Å². The van der Waals surface area contributed by atoms with Crippen LogP contribution in [0.15, 0.2) is 0 Å². The number of carboxylic acids is 1. The molecule has 4 N–H and O–H groups in total. The second-order valence-corrected chi connectivity index (χ2v) is 5.57. The molecule has 0 aliphatic carbocycles. The topological polar surface area (TPSA) is 104 Å². The molecule has 0 saturated carbocycles. The van der Waals surface area contributed by atoms with Gasteiger partial charge in [-0.1, -0.05) is 0 Å². The third-order valence-electron chi connectivity index (χ3n) is 1.74. The number of carboxylic acid groups (broad SMARTS) is 1. The second kappa shape index (κ2) is 5.96. The molecule has 0 heterocycles. The van der Waals surface area contributed by atoms with Gasteiger partial charge >= 0.3 is 5.97 Å². The first-order valence-corrected chi connectivity index (χ1v) is 6.15. The highest BCUT2D eigenvalue weighted by Crippen LogP contribution is 2.05. The second-order valence-electron chi connectivity index (χ2n) is 3.13. The van der Waals surface area contributed by atoms with Gasteiger partial charge in [0.05, 0.1) is 0 Å². The molecule has 0 rings (SSSR count). The van der Waals surface area contributed by atoms with Crippen LogP contribution < -0.4 is 5.73 Å². The molecule has 0 bridgehead atoms. The minimum absolute atomic E-state index is 0.138. The lowest BCUT2D eigenvalue weighted by molar-refractivity contribution is -0.138. The van der Waals surface area contributed by atoms with Crippen molar-refractivity contribution in [1.82, 2.24) is 0 Å². The maximum absolute atomic E-state index is 11.8. The first-order chi connectivity index (χ1) is 6.74. The number of hydrogen-bond donors (Lipinski definition) is 3. The van der Waals surface area contributed by atoms with Gasteiger partial charge < -0.3 is 10.8 Å². The average molecular weight is 244 g/mol. The van der Waals surface area contributed by atoms with Crippen LogP contribution in [0.3, 0.4) is 0 Å². The van der Waals surface area contributed by atoms with Crippen molar-refractivity contribution in [2.24, 2.45) is 5.73 Å². The lowest BCUT2D eigenvalue weighted by atomic mass is 10.2. The fourth-order valence-corrected chi connectivity index (χ4v) is 2.22. The highest BCUT2D eigenvalue weighted by molar-refractivity contribution is 7.92. The third-order valence-corrected chi connectivity index (χ3v) is 3.53. The highest BCUT2D eigenvalue weighted by Gasteiger charge is 2.16. The molecule has 0 spiro atoms. The number of hydrogen-bond acceptors (Lipinski definition) is 4. The Kier molecular flexibility index (Phi) is 5.66. The van der Waals surface area contributed by atoms with Gasteiger partial charge in [0.1, 0.15) is 6.04 Å². The van der Waals surface area contributed by atoms with E-state index in [9.17, 15) is 17.8 Å². The smallest absolute Gasteiger partial charge is 0.320 e. The van der Waals surface area contributed by atoms with Gasteiger partial charge in [-0.05, 0) is 6.42 Å². The molecular formula is C7H14F2N2O3S. The molecule has 0 amide bonds. The van der Waals surface area contributed by atoms with Crippen LogP contribution in [0.5, 0.6) is 0 Å². The normalized spacial score (nSPS) is 17.3. The highest BCUT2D eigenvalue weighted by atomic mass is 32.2. The first kappa shape index (κ1) is 14.2. The predicted molar refractivity (Wildman–Crippen MR) is 51.4 cm³/mol. The van der Waals surface area contributed by atoms with Crippen LogP contribution in [0, 0.1) is 4.78 Å². The van der Waals surface area contributed by atoms with Crippen molar-refractivity contribution in [3.8, 4) is 0 Å². The molecule has 15 heavy (non-hydrogen) atoms. The lowest BCUT2D eigenvalue weighted by Crippen LogP contribution is -2.32. The van der Waals surface area contributed by atoms with E-state index in [1.165, 1.54) is 0 Å². The zero-order valence-corrected chi connectivity index (χ0v) is 8.80. The lowest BCUT2D eigenvalue weighted by Gasteiger charge is -2.09. The van der Waals surface area contributed by atoms with Crippen LogP contribution >= 0.6 is 0 Å². The quantitative estimate of drug-likeness (QED) is 0.606. The van der Waals surface area contributed by atoms with Gasteiger partial charge in [0.15, 0.2) is 0 Å². The SMILES string of the molecule is N=S(=O)(CCC(F)F)CC[C@H](N)C(=O)O. The van der Waals surface area contributed by atoms with Crippen LogP contribution in [0.25, 0.3) is 0 Å². The summed E-state index contributed by atoms with van der Waals surface area (Å²) < 4.78 is 42.0. The maximum atomic E-state index is 11.8. The van der Waals surface area contributed by atoms with Crippen LogP contribution in [-0.2, 0) is 14.5 Å². The number of halogens is 2. The molecule has 0 aromatic carbocycles. The standard InChI is InChI=1S/C7H14F2N2O3S/c8-6(9)2-4-15(11,14)3-1-5(10)7(12)13/h5-6,11H,1-4,10H2,(H,12,13)/t5-,15?/m0/s1. The summed E-state index contributed by atoms with van der Waals surface area (Å²) in [5.74, 6) is -1.93. The largest absolute Gasteiger partial charge is 0.480 e. The van der Waals surface area contributed by atoms with Crippen LogP contribution in [0.2, 0.25) is 0 Å². The fourth-order valence-electron chi connectivity index (χ4n) is 0.822. The van der Waals surface area contributed by atoms with Gasteiger partial charge in [-0.15, -0.1) is 0 Å². The van der Waals surface area contributed by atoms with E-state index in [1.54, 1.807) is 0 Å². The van der Waals surface area contributed by atoms with Crippen molar-refractivity contribution in [3.05, 3.63) is 0 Å². The summed E-state index contributed by atoms with van der Waals surface area (Å²) in [7, 11) is -3.13. The van der Waals surface area contributed by atoms with E-state index in [2.05, 4.69) is 0 Å². The van der Waals surface area contributed by atoms with Gasteiger partial charge in [-0.25, -0.2) is 13.0 Å². The molecule has 2 atom stereocenters. The van der Waals surface area contributed by atoms with Crippen LogP contribution in [0.4, 0.5) is 8.78 Å². The summed E-state index contributed by atoms with van der Waals surface area (Å²) in [6.07, 6.45) is -3.34. The zero-order valence-electron chi connectivity index (χ0n) is 7.99. The minimum atomic E-state index is -3.13.